The molecule has 2 aromatic rings. The molecule has 6 heteroatoms. The van der Waals surface area contributed by atoms with E-state index in [1.165, 1.54) is 0 Å². The fraction of sp³-hybridized carbons (Fsp3) is 0.250. The summed E-state index contributed by atoms with van der Waals surface area (Å²) in [6.07, 6.45) is 1.56. The van der Waals surface area contributed by atoms with E-state index >= 15 is 0 Å². The average molecular weight is 319 g/mol. The van der Waals surface area contributed by atoms with Crippen molar-refractivity contribution in [2.24, 2.45) is 0 Å². The van der Waals surface area contributed by atoms with Gasteiger partial charge >= 0.3 is 0 Å². The number of carbonyl (C=O) groups is 1. The number of halogens is 1. The molecule has 0 aliphatic rings. The van der Waals surface area contributed by atoms with E-state index < -0.39 is 0 Å². The van der Waals surface area contributed by atoms with Crippen molar-refractivity contribution >= 4 is 23.3 Å². The van der Waals surface area contributed by atoms with Gasteiger partial charge in [-0.2, -0.15) is 0 Å². The third-order valence-corrected chi connectivity index (χ3v) is 3.67. The molecule has 1 unspecified atom stereocenters. The first-order valence-corrected chi connectivity index (χ1v) is 7.27. The van der Waals surface area contributed by atoms with Gasteiger partial charge in [-0.1, -0.05) is 23.7 Å². The van der Waals surface area contributed by atoms with Gasteiger partial charge in [0.1, 0.15) is 5.82 Å². The number of nitrogens with one attached hydrogen (secondary N) is 1. The number of benzene rings is 1. The van der Waals surface area contributed by atoms with E-state index in [-0.39, 0.29) is 17.8 Å². The Balaban J connectivity index is 2.08. The fourth-order valence-electron chi connectivity index (χ4n) is 2.18. The second kappa shape index (κ2) is 7.24. The lowest BCUT2D eigenvalue weighted by Gasteiger charge is -2.25. The van der Waals surface area contributed by atoms with E-state index in [1.807, 2.05) is 43.3 Å². The molecule has 0 spiro atoms. The van der Waals surface area contributed by atoms with Gasteiger partial charge in [-0.15, -0.1) is 0 Å². The number of hydrogen-bond acceptors (Lipinski definition) is 4. The van der Waals surface area contributed by atoms with Crippen LogP contribution in [0.2, 0.25) is 5.02 Å². The minimum Gasteiger partial charge on any atom is -0.383 e. The lowest BCUT2D eigenvalue weighted by atomic mass is 10.1. The van der Waals surface area contributed by atoms with Crippen LogP contribution in [0.5, 0.6) is 0 Å². The second-order valence-electron chi connectivity index (χ2n) is 5.18. The summed E-state index contributed by atoms with van der Waals surface area (Å²) in [5.74, 6) is -0.000639. The van der Waals surface area contributed by atoms with Crippen LogP contribution in [0.25, 0.3) is 0 Å². The van der Waals surface area contributed by atoms with Crippen molar-refractivity contribution in [1.29, 1.82) is 0 Å². The number of hydrogen-bond donors (Lipinski definition) is 2. The van der Waals surface area contributed by atoms with Crippen LogP contribution in [-0.2, 0) is 0 Å². The molecule has 0 fully saturated rings. The topological polar surface area (TPSA) is 71.2 Å². The van der Waals surface area contributed by atoms with Crippen LogP contribution in [0, 0.1) is 0 Å². The van der Waals surface area contributed by atoms with Gasteiger partial charge in [0.2, 0.25) is 0 Å². The van der Waals surface area contributed by atoms with Crippen LogP contribution in [0.4, 0.5) is 5.82 Å². The highest BCUT2D eigenvalue weighted by molar-refractivity contribution is 6.30. The monoisotopic (exact) mass is 318 g/mol. The number of nitrogen functional groups attached to an aromatic ring is 1. The molecule has 0 radical (unpaired) electrons. The van der Waals surface area contributed by atoms with Crippen molar-refractivity contribution in [3.05, 3.63) is 58.7 Å². The molecule has 0 aliphatic carbocycles. The van der Waals surface area contributed by atoms with E-state index in [0.717, 1.165) is 5.56 Å². The van der Waals surface area contributed by atoms with Gasteiger partial charge in [-0.3, -0.25) is 4.79 Å². The van der Waals surface area contributed by atoms with Crippen molar-refractivity contribution in [1.82, 2.24) is 15.2 Å². The summed E-state index contributed by atoms with van der Waals surface area (Å²) in [6.45, 7) is 0.460. The number of nitrogens with zero attached hydrogens (tertiary/aromatic N) is 2. The summed E-state index contributed by atoms with van der Waals surface area (Å²) in [4.78, 5) is 18.2. The van der Waals surface area contributed by atoms with Crippen LogP contribution in [0.3, 0.4) is 0 Å². The molecule has 0 saturated carbocycles. The van der Waals surface area contributed by atoms with Gasteiger partial charge in [0.25, 0.3) is 5.91 Å². The van der Waals surface area contributed by atoms with Crippen LogP contribution in [0.1, 0.15) is 22.0 Å². The highest BCUT2D eigenvalue weighted by Gasteiger charge is 2.17. The number of likely N-dealkylation sites (N-methyl/N-ethyl adjacent to an activating group) is 1. The molecule has 1 heterocycles. The van der Waals surface area contributed by atoms with Crippen molar-refractivity contribution < 1.29 is 4.79 Å². The van der Waals surface area contributed by atoms with Crippen molar-refractivity contribution in [2.45, 2.75) is 6.04 Å². The Bertz CT molecular complexity index is 643. The second-order valence-corrected chi connectivity index (χ2v) is 5.61. The lowest BCUT2D eigenvalue weighted by molar-refractivity contribution is 0.0942. The van der Waals surface area contributed by atoms with Gasteiger partial charge in [0.05, 0.1) is 11.6 Å². The minimum absolute atomic E-state index is 0.0408. The summed E-state index contributed by atoms with van der Waals surface area (Å²) >= 11 is 5.92. The van der Waals surface area contributed by atoms with Crippen LogP contribution in [0.15, 0.2) is 42.6 Å². The quantitative estimate of drug-likeness (QED) is 0.887. The minimum atomic E-state index is -0.230. The first-order chi connectivity index (χ1) is 10.5. The van der Waals surface area contributed by atoms with Gasteiger partial charge in [-0.25, -0.2) is 4.98 Å². The lowest BCUT2D eigenvalue weighted by Crippen LogP contribution is -2.34. The molecule has 5 nitrogen and oxygen atoms in total. The maximum absolute atomic E-state index is 12.2. The zero-order chi connectivity index (χ0) is 16.1. The van der Waals surface area contributed by atoms with E-state index in [1.54, 1.807) is 18.3 Å². The third-order valence-electron chi connectivity index (χ3n) is 3.42. The summed E-state index contributed by atoms with van der Waals surface area (Å²) < 4.78 is 0. The predicted octanol–water partition coefficient (Wildman–Crippen LogP) is 2.35. The molecule has 0 aliphatic heterocycles. The van der Waals surface area contributed by atoms with E-state index in [9.17, 15) is 4.79 Å². The molecule has 1 aromatic heterocycles. The number of pyridine rings is 1. The normalized spacial score (nSPS) is 12.2. The maximum atomic E-state index is 12.2. The molecule has 1 atom stereocenters. The average Bonchev–Trinajstić information content (AvgIpc) is 2.49. The van der Waals surface area contributed by atoms with Crippen molar-refractivity contribution in [3.63, 3.8) is 0 Å². The first kappa shape index (κ1) is 16.3. The van der Waals surface area contributed by atoms with Crippen LogP contribution in [-0.4, -0.2) is 36.4 Å². The summed E-state index contributed by atoms with van der Waals surface area (Å²) in [5.41, 5.74) is 7.18. The maximum Gasteiger partial charge on any atom is 0.255 e. The summed E-state index contributed by atoms with van der Waals surface area (Å²) in [7, 11) is 3.92. The zero-order valence-corrected chi connectivity index (χ0v) is 13.3. The summed E-state index contributed by atoms with van der Waals surface area (Å²) in [5, 5.41) is 3.59. The molecule has 22 heavy (non-hydrogen) atoms. The molecule has 0 bridgehead atoms. The Morgan fingerprint density at radius 1 is 1.32 bits per heavy atom. The largest absolute Gasteiger partial charge is 0.383 e. The Morgan fingerprint density at radius 2 is 2.00 bits per heavy atom. The number of anilines is 1. The zero-order valence-electron chi connectivity index (χ0n) is 12.6. The predicted molar refractivity (Wildman–Crippen MR) is 88.9 cm³/mol. The number of aromatic nitrogens is 1. The highest BCUT2D eigenvalue weighted by atomic mass is 35.5. The Morgan fingerprint density at radius 3 is 2.59 bits per heavy atom. The molecular weight excluding hydrogens is 300 g/mol. The molecule has 116 valence electrons. The SMILES string of the molecule is CN(C)C(CNC(=O)c1cccnc1N)c1ccc(Cl)cc1. The highest BCUT2D eigenvalue weighted by Crippen LogP contribution is 2.20. The van der Waals surface area contributed by atoms with Crippen molar-refractivity contribution in [2.75, 3.05) is 26.4 Å². The first-order valence-electron chi connectivity index (χ1n) is 6.89. The molecule has 3 N–H and O–H groups in total. The molecular formula is C16H19ClN4O. The Kier molecular flexibility index (Phi) is 5.35. The Hall–Kier alpha value is -2.11. The number of amides is 1. The Labute approximate surface area is 135 Å². The van der Waals surface area contributed by atoms with Crippen LogP contribution < -0.4 is 11.1 Å². The van der Waals surface area contributed by atoms with Crippen molar-refractivity contribution in [3.8, 4) is 0 Å². The standard InChI is InChI=1S/C16H19ClN4O/c1-21(2)14(11-5-7-12(17)8-6-11)10-20-16(22)13-4-3-9-19-15(13)18/h3-9,14H,10H2,1-2H3,(H2,18,19)(H,20,22). The number of nitrogens with two attached hydrogens (primary N) is 1. The summed E-state index contributed by atoms with van der Waals surface area (Å²) in [6, 6.07) is 11.0. The molecule has 2 rings (SSSR count). The molecule has 0 saturated heterocycles. The van der Waals surface area contributed by atoms with Gasteiger partial charge in [0, 0.05) is 17.8 Å². The van der Waals surface area contributed by atoms with Gasteiger partial charge in [0.15, 0.2) is 0 Å². The molecule has 1 aromatic carbocycles. The van der Waals surface area contributed by atoms with Gasteiger partial charge in [-0.05, 0) is 43.9 Å². The van der Waals surface area contributed by atoms with Crippen LogP contribution >= 0.6 is 11.6 Å². The number of rotatable bonds is 5. The third kappa shape index (κ3) is 3.96. The van der Waals surface area contributed by atoms with E-state index in [4.69, 9.17) is 17.3 Å². The smallest absolute Gasteiger partial charge is 0.255 e. The fourth-order valence-corrected chi connectivity index (χ4v) is 2.30. The number of carbonyl (C=O) groups excluding carboxylic acids is 1. The van der Waals surface area contributed by atoms with E-state index in [0.29, 0.717) is 17.1 Å². The molecule has 1 amide bonds. The van der Waals surface area contributed by atoms with Gasteiger partial charge < -0.3 is 16.0 Å². The van der Waals surface area contributed by atoms with E-state index in [2.05, 4.69) is 10.3 Å².